The number of hydrogen-bond donors (Lipinski definition) is 0. The average Bonchev–Trinajstić information content (AvgIpc) is 2.44. The quantitative estimate of drug-likeness (QED) is 0.612. The Labute approximate surface area is 118 Å². The molecule has 0 atom stereocenters. The molecular formula is C14H10BF5O. The van der Waals surface area contributed by atoms with Crippen molar-refractivity contribution in [2.24, 2.45) is 0 Å². The molecule has 0 unspecified atom stereocenters. The lowest BCUT2D eigenvalue weighted by Crippen LogP contribution is -2.17. The van der Waals surface area contributed by atoms with E-state index in [1.807, 2.05) is 0 Å². The molecule has 0 aliphatic rings. The van der Waals surface area contributed by atoms with Gasteiger partial charge >= 0.3 is 0 Å². The summed E-state index contributed by atoms with van der Waals surface area (Å²) in [5.74, 6) is -6.08. The maximum absolute atomic E-state index is 14.2. The highest BCUT2D eigenvalue weighted by atomic mass is 19.2. The van der Waals surface area contributed by atoms with Crippen LogP contribution < -0.4 is 10.2 Å². The van der Waals surface area contributed by atoms with Crippen LogP contribution in [0.1, 0.15) is 5.56 Å². The lowest BCUT2D eigenvalue weighted by Gasteiger charge is -2.15. The van der Waals surface area contributed by atoms with Crippen molar-refractivity contribution in [3.05, 3.63) is 46.8 Å². The summed E-state index contributed by atoms with van der Waals surface area (Å²) in [6, 6.07) is 1.27. The number of hydrogen-bond acceptors (Lipinski definition) is 1. The van der Waals surface area contributed by atoms with Crippen molar-refractivity contribution >= 4 is 13.3 Å². The van der Waals surface area contributed by atoms with Crippen molar-refractivity contribution in [3.63, 3.8) is 0 Å². The zero-order valence-electron chi connectivity index (χ0n) is 11.5. The molecule has 110 valence electrons. The first-order valence-electron chi connectivity index (χ1n) is 5.96. The van der Waals surface area contributed by atoms with Crippen LogP contribution in [-0.4, -0.2) is 15.0 Å². The van der Waals surface area contributed by atoms with Gasteiger partial charge in [0.15, 0.2) is 0 Å². The third kappa shape index (κ3) is 2.37. The molecule has 0 saturated heterocycles. The Balaban J connectivity index is 2.92. The highest BCUT2D eigenvalue weighted by Gasteiger charge is 2.25. The van der Waals surface area contributed by atoms with Crippen molar-refractivity contribution in [1.82, 2.24) is 0 Å². The van der Waals surface area contributed by atoms with E-state index in [2.05, 4.69) is 0 Å². The van der Waals surface area contributed by atoms with Gasteiger partial charge in [-0.05, 0) is 12.4 Å². The molecule has 0 aliphatic heterocycles. The third-order valence-corrected chi connectivity index (χ3v) is 3.28. The topological polar surface area (TPSA) is 9.23 Å². The number of methoxy groups -OCH3 is 1. The molecule has 0 fully saturated rings. The van der Waals surface area contributed by atoms with Gasteiger partial charge < -0.3 is 4.74 Å². The molecule has 7 heteroatoms. The molecule has 0 amide bonds. The third-order valence-electron chi connectivity index (χ3n) is 3.28. The number of ether oxygens (including phenoxy) is 1. The van der Waals surface area contributed by atoms with E-state index in [0.29, 0.717) is 6.07 Å². The second-order valence-electron chi connectivity index (χ2n) is 4.53. The van der Waals surface area contributed by atoms with Gasteiger partial charge in [-0.25, -0.2) is 22.0 Å². The van der Waals surface area contributed by atoms with E-state index in [1.54, 1.807) is 0 Å². The fourth-order valence-electron chi connectivity index (χ4n) is 2.01. The van der Waals surface area contributed by atoms with Gasteiger partial charge in [0.05, 0.1) is 18.2 Å². The summed E-state index contributed by atoms with van der Waals surface area (Å²) >= 11 is 0. The van der Waals surface area contributed by atoms with Gasteiger partial charge in [-0.1, -0.05) is 0 Å². The van der Waals surface area contributed by atoms with Gasteiger partial charge in [-0.2, -0.15) is 0 Å². The smallest absolute Gasteiger partial charge is 0.147 e. The van der Waals surface area contributed by atoms with Crippen molar-refractivity contribution in [2.45, 2.75) is 6.92 Å². The highest BCUT2D eigenvalue weighted by molar-refractivity contribution is 6.33. The molecular weight excluding hydrogens is 290 g/mol. The lowest BCUT2D eigenvalue weighted by atomic mass is 9.89. The lowest BCUT2D eigenvalue weighted by molar-refractivity contribution is 0.408. The highest BCUT2D eigenvalue weighted by Crippen LogP contribution is 2.37. The number of halogens is 5. The average molecular weight is 300 g/mol. The zero-order chi connectivity index (χ0) is 15.9. The maximum Gasteiger partial charge on any atom is 0.147 e. The number of benzene rings is 2. The Hall–Kier alpha value is -2.05. The minimum absolute atomic E-state index is 0.376. The Morgan fingerprint density at radius 1 is 0.857 bits per heavy atom. The van der Waals surface area contributed by atoms with Gasteiger partial charge in [0.1, 0.15) is 42.7 Å². The minimum Gasteiger partial charge on any atom is -0.496 e. The van der Waals surface area contributed by atoms with E-state index >= 15 is 0 Å². The first kappa shape index (κ1) is 15.3. The molecule has 2 aromatic carbocycles. The standard InChI is InChI=1S/C14H10BF5O/c1-5-6(16)3-7(17)10(13(5)19)11-9(21-2)4-8(18)12(15)14(11)20/h3-4H,15H2,1-2H3. The first-order valence-corrected chi connectivity index (χ1v) is 5.96. The fraction of sp³-hybridized carbons (Fsp3) is 0.143. The van der Waals surface area contributed by atoms with Gasteiger partial charge in [-0.15, -0.1) is 0 Å². The molecule has 0 radical (unpaired) electrons. The molecule has 2 rings (SSSR count). The van der Waals surface area contributed by atoms with Crippen LogP contribution in [0.3, 0.4) is 0 Å². The normalized spacial score (nSPS) is 10.8. The van der Waals surface area contributed by atoms with Crippen LogP contribution >= 0.6 is 0 Å². The second kappa shape index (κ2) is 5.39. The Morgan fingerprint density at radius 3 is 2.05 bits per heavy atom. The van der Waals surface area contributed by atoms with E-state index in [-0.39, 0.29) is 5.75 Å². The van der Waals surface area contributed by atoms with Gasteiger partial charge in [0, 0.05) is 17.7 Å². The molecule has 21 heavy (non-hydrogen) atoms. The predicted molar refractivity (Wildman–Crippen MR) is 71.1 cm³/mol. The molecule has 0 saturated carbocycles. The summed E-state index contributed by atoms with van der Waals surface area (Å²) in [7, 11) is 2.24. The summed E-state index contributed by atoms with van der Waals surface area (Å²) in [4.78, 5) is 0. The second-order valence-corrected chi connectivity index (χ2v) is 4.53. The Morgan fingerprint density at radius 2 is 1.48 bits per heavy atom. The van der Waals surface area contributed by atoms with E-state index in [1.165, 1.54) is 0 Å². The van der Waals surface area contributed by atoms with Crippen LogP contribution in [0.5, 0.6) is 5.75 Å². The fourth-order valence-corrected chi connectivity index (χ4v) is 2.01. The van der Waals surface area contributed by atoms with E-state index in [0.717, 1.165) is 27.9 Å². The van der Waals surface area contributed by atoms with Crippen LogP contribution in [0.15, 0.2) is 12.1 Å². The SMILES string of the molecule is Bc1c(F)cc(OC)c(-c2c(F)cc(F)c(C)c2F)c1F. The summed E-state index contributed by atoms with van der Waals surface area (Å²) in [6.45, 7) is 1.09. The molecule has 0 heterocycles. The molecule has 2 aromatic rings. The minimum atomic E-state index is -1.29. The Kier molecular flexibility index (Phi) is 3.94. The van der Waals surface area contributed by atoms with Crippen molar-refractivity contribution in [3.8, 4) is 16.9 Å². The molecule has 0 spiro atoms. The van der Waals surface area contributed by atoms with Gasteiger partial charge in [0.25, 0.3) is 0 Å². The van der Waals surface area contributed by atoms with E-state index in [4.69, 9.17) is 4.74 Å². The maximum atomic E-state index is 14.2. The zero-order valence-corrected chi connectivity index (χ0v) is 11.5. The summed E-state index contributed by atoms with van der Waals surface area (Å²) in [6.07, 6.45) is 0. The van der Waals surface area contributed by atoms with Crippen LogP contribution in [-0.2, 0) is 0 Å². The first-order chi connectivity index (χ1) is 9.79. The van der Waals surface area contributed by atoms with Gasteiger partial charge in [-0.3, -0.25) is 0 Å². The van der Waals surface area contributed by atoms with Crippen molar-refractivity contribution in [1.29, 1.82) is 0 Å². The van der Waals surface area contributed by atoms with Gasteiger partial charge in [0.2, 0.25) is 0 Å². The summed E-state index contributed by atoms with van der Waals surface area (Å²) in [5.41, 5.74) is -2.23. The molecule has 0 aromatic heterocycles. The summed E-state index contributed by atoms with van der Waals surface area (Å²) < 4.78 is 73.9. The van der Waals surface area contributed by atoms with Crippen LogP contribution in [0.4, 0.5) is 22.0 Å². The van der Waals surface area contributed by atoms with E-state index in [9.17, 15) is 22.0 Å². The van der Waals surface area contributed by atoms with Crippen LogP contribution in [0.25, 0.3) is 11.1 Å². The Bertz CT molecular complexity index is 730. The molecule has 0 N–H and O–H groups in total. The van der Waals surface area contributed by atoms with Crippen molar-refractivity contribution in [2.75, 3.05) is 7.11 Å². The molecule has 0 aliphatic carbocycles. The number of rotatable bonds is 2. The largest absolute Gasteiger partial charge is 0.496 e. The predicted octanol–water partition coefficient (Wildman–Crippen LogP) is 2.62. The van der Waals surface area contributed by atoms with Crippen molar-refractivity contribution < 1.29 is 26.7 Å². The molecule has 1 nitrogen and oxygen atoms in total. The van der Waals surface area contributed by atoms with Crippen LogP contribution in [0.2, 0.25) is 0 Å². The van der Waals surface area contributed by atoms with E-state index < -0.39 is 51.2 Å². The monoisotopic (exact) mass is 300 g/mol. The summed E-state index contributed by atoms with van der Waals surface area (Å²) in [5, 5.41) is 0. The molecule has 0 bridgehead atoms. The van der Waals surface area contributed by atoms with Crippen LogP contribution in [0, 0.1) is 36.0 Å².